The van der Waals surface area contributed by atoms with Crippen LogP contribution in [0.3, 0.4) is 0 Å². The van der Waals surface area contributed by atoms with E-state index in [9.17, 15) is 4.79 Å². The van der Waals surface area contributed by atoms with Gasteiger partial charge in [0, 0.05) is 6.04 Å². The largest absolute Gasteiger partial charge is 0.484 e. The van der Waals surface area contributed by atoms with Gasteiger partial charge in [0.15, 0.2) is 6.61 Å². The molecule has 0 spiro atoms. The maximum atomic E-state index is 11.8. The molecule has 1 aliphatic heterocycles. The molecule has 5 heteroatoms. The zero-order chi connectivity index (χ0) is 12.8. The van der Waals surface area contributed by atoms with Crippen LogP contribution in [0.2, 0.25) is 0 Å². The number of nitrogens with one attached hydrogen (secondary N) is 2. The van der Waals surface area contributed by atoms with Crippen molar-refractivity contribution in [2.24, 2.45) is 5.92 Å². The van der Waals surface area contributed by atoms with E-state index in [0.717, 1.165) is 25.3 Å². The van der Waals surface area contributed by atoms with Gasteiger partial charge in [-0.05, 0) is 37.6 Å². The lowest BCUT2D eigenvalue weighted by Gasteiger charge is -2.30. The van der Waals surface area contributed by atoms with Crippen LogP contribution in [0.25, 0.3) is 0 Å². The van der Waals surface area contributed by atoms with Crippen molar-refractivity contribution in [1.29, 1.82) is 0 Å². The molecule has 2 rings (SSSR count). The average molecular weight is 285 g/mol. The summed E-state index contributed by atoms with van der Waals surface area (Å²) in [5.74, 6) is 1.16. The Morgan fingerprint density at radius 2 is 2.16 bits per heavy atom. The molecule has 2 N–H and O–H groups in total. The molecular weight excluding hydrogens is 264 g/mol. The maximum absolute atomic E-state index is 11.8. The van der Waals surface area contributed by atoms with Crippen molar-refractivity contribution in [2.75, 3.05) is 19.7 Å². The van der Waals surface area contributed by atoms with E-state index in [1.807, 2.05) is 30.3 Å². The number of halogens is 1. The summed E-state index contributed by atoms with van der Waals surface area (Å²) in [7, 11) is 0. The SMILES string of the molecule is CC1CNCCC1NC(=O)COc1ccccc1.Cl. The minimum atomic E-state index is -0.0439. The summed E-state index contributed by atoms with van der Waals surface area (Å²) in [4.78, 5) is 11.8. The molecule has 0 aliphatic carbocycles. The number of rotatable bonds is 4. The third kappa shape index (κ3) is 5.09. The van der Waals surface area contributed by atoms with Crippen molar-refractivity contribution in [3.63, 3.8) is 0 Å². The smallest absolute Gasteiger partial charge is 0.258 e. The van der Waals surface area contributed by atoms with Crippen LogP contribution < -0.4 is 15.4 Å². The van der Waals surface area contributed by atoms with Crippen molar-refractivity contribution >= 4 is 18.3 Å². The molecule has 1 heterocycles. The molecule has 1 fully saturated rings. The third-order valence-electron chi connectivity index (χ3n) is 3.24. The van der Waals surface area contributed by atoms with Gasteiger partial charge in [0.2, 0.25) is 0 Å². The van der Waals surface area contributed by atoms with Gasteiger partial charge in [-0.25, -0.2) is 0 Å². The molecule has 0 saturated carbocycles. The summed E-state index contributed by atoms with van der Waals surface area (Å²) < 4.78 is 5.42. The highest BCUT2D eigenvalue weighted by atomic mass is 35.5. The molecule has 1 aliphatic rings. The summed E-state index contributed by atoms with van der Waals surface area (Å²) >= 11 is 0. The number of hydrogen-bond acceptors (Lipinski definition) is 3. The Balaban J connectivity index is 0.00000180. The van der Waals surface area contributed by atoms with Crippen LogP contribution in [0.5, 0.6) is 5.75 Å². The average Bonchev–Trinajstić information content (AvgIpc) is 2.40. The second-order valence-electron chi connectivity index (χ2n) is 4.75. The van der Waals surface area contributed by atoms with Crippen LogP contribution in [0.4, 0.5) is 0 Å². The van der Waals surface area contributed by atoms with E-state index >= 15 is 0 Å². The van der Waals surface area contributed by atoms with E-state index in [4.69, 9.17) is 4.74 Å². The number of para-hydroxylation sites is 1. The minimum absolute atomic E-state index is 0. The van der Waals surface area contributed by atoms with Crippen molar-refractivity contribution in [1.82, 2.24) is 10.6 Å². The zero-order valence-electron chi connectivity index (χ0n) is 11.1. The third-order valence-corrected chi connectivity index (χ3v) is 3.24. The molecule has 106 valence electrons. The lowest BCUT2D eigenvalue weighted by molar-refractivity contribution is -0.124. The summed E-state index contributed by atoms with van der Waals surface area (Å²) in [5.41, 5.74) is 0. The number of carbonyl (C=O) groups excluding carboxylic acids is 1. The van der Waals surface area contributed by atoms with Gasteiger partial charge in [0.25, 0.3) is 5.91 Å². The first-order chi connectivity index (χ1) is 8.75. The van der Waals surface area contributed by atoms with Gasteiger partial charge in [-0.15, -0.1) is 12.4 Å². The summed E-state index contributed by atoms with van der Waals surface area (Å²) in [6, 6.07) is 9.66. The Kier molecular flexibility index (Phi) is 6.67. The molecule has 0 radical (unpaired) electrons. The van der Waals surface area contributed by atoms with Gasteiger partial charge in [0.1, 0.15) is 5.75 Å². The quantitative estimate of drug-likeness (QED) is 0.883. The molecule has 1 saturated heterocycles. The van der Waals surface area contributed by atoms with Gasteiger partial charge >= 0.3 is 0 Å². The van der Waals surface area contributed by atoms with E-state index in [2.05, 4.69) is 17.6 Å². The molecule has 0 aromatic heterocycles. The highest BCUT2D eigenvalue weighted by molar-refractivity contribution is 5.85. The van der Waals surface area contributed by atoms with Crippen LogP contribution in [0.15, 0.2) is 30.3 Å². The van der Waals surface area contributed by atoms with E-state index in [1.54, 1.807) is 0 Å². The van der Waals surface area contributed by atoms with E-state index in [1.165, 1.54) is 0 Å². The molecule has 2 unspecified atom stereocenters. The van der Waals surface area contributed by atoms with Crippen molar-refractivity contribution in [3.8, 4) is 5.75 Å². The first kappa shape index (κ1) is 15.8. The molecule has 4 nitrogen and oxygen atoms in total. The highest BCUT2D eigenvalue weighted by Crippen LogP contribution is 2.11. The monoisotopic (exact) mass is 284 g/mol. The normalized spacial score (nSPS) is 22.2. The topological polar surface area (TPSA) is 50.4 Å². The van der Waals surface area contributed by atoms with Gasteiger partial charge in [-0.3, -0.25) is 4.79 Å². The van der Waals surface area contributed by atoms with Crippen LogP contribution in [0, 0.1) is 5.92 Å². The molecule has 1 aromatic carbocycles. The van der Waals surface area contributed by atoms with Gasteiger partial charge in [-0.1, -0.05) is 25.1 Å². The number of amides is 1. The molecule has 1 aromatic rings. The minimum Gasteiger partial charge on any atom is -0.484 e. The summed E-state index contributed by atoms with van der Waals surface area (Å²) in [5, 5.41) is 6.35. The Bertz CT molecular complexity index is 386. The fraction of sp³-hybridized carbons (Fsp3) is 0.500. The van der Waals surface area contributed by atoms with Gasteiger partial charge < -0.3 is 15.4 Å². The molecule has 19 heavy (non-hydrogen) atoms. The number of carbonyl (C=O) groups is 1. The van der Waals surface area contributed by atoms with E-state index < -0.39 is 0 Å². The zero-order valence-corrected chi connectivity index (χ0v) is 11.9. The van der Waals surface area contributed by atoms with Crippen LogP contribution >= 0.6 is 12.4 Å². The Hall–Kier alpha value is -1.26. The van der Waals surface area contributed by atoms with Gasteiger partial charge in [0.05, 0.1) is 0 Å². The first-order valence-corrected chi connectivity index (χ1v) is 6.43. The van der Waals surface area contributed by atoms with Crippen LogP contribution in [-0.2, 0) is 4.79 Å². The maximum Gasteiger partial charge on any atom is 0.258 e. The lowest BCUT2D eigenvalue weighted by Crippen LogP contribution is -2.49. The number of hydrogen-bond donors (Lipinski definition) is 2. The Morgan fingerprint density at radius 1 is 1.42 bits per heavy atom. The van der Waals surface area contributed by atoms with Crippen LogP contribution in [0.1, 0.15) is 13.3 Å². The van der Waals surface area contributed by atoms with E-state index in [-0.39, 0.29) is 31.0 Å². The Morgan fingerprint density at radius 3 is 2.84 bits per heavy atom. The Labute approximate surface area is 120 Å². The highest BCUT2D eigenvalue weighted by Gasteiger charge is 2.22. The standard InChI is InChI=1S/C14H20N2O2.ClH/c1-11-9-15-8-7-13(11)16-14(17)10-18-12-5-3-2-4-6-12;/h2-6,11,13,15H,7-10H2,1H3,(H,16,17);1H. The lowest BCUT2D eigenvalue weighted by atomic mass is 9.95. The number of ether oxygens (including phenoxy) is 1. The van der Waals surface area contributed by atoms with Gasteiger partial charge in [-0.2, -0.15) is 0 Å². The summed E-state index contributed by atoms with van der Waals surface area (Å²) in [6.45, 7) is 4.16. The van der Waals surface area contributed by atoms with Crippen LogP contribution in [-0.4, -0.2) is 31.6 Å². The predicted molar refractivity (Wildman–Crippen MR) is 77.8 cm³/mol. The molecule has 0 bridgehead atoms. The molecule has 1 amide bonds. The van der Waals surface area contributed by atoms with Crippen molar-refractivity contribution in [2.45, 2.75) is 19.4 Å². The first-order valence-electron chi connectivity index (χ1n) is 6.43. The predicted octanol–water partition coefficient (Wildman–Crippen LogP) is 1.60. The second kappa shape index (κ2) is 8.02. The van der Waals surface area contributed by atoms with Crippen molar-refractivity contribution in [3.05, 3.63) is 30.3 Å². The fourth-order valence-electron chi connectivity index (χ4n) is 2.14. The second-order valence-corrected chi connectivity index (χ2v) is 4.75. The molecule has 2 atom stereocenters. The van der Waals surface area contributed by atoms with E-state index in [0.29, 0.717) is 5.92 Å². The number of benzene rings is 1. The number of piperidine rings is 1. The fourth-order valence-corrected chi connectivity index (χ4v) is 2.14. The van der Waals surface area contributed by atoms with Crippen molar-refractivity contribution < 1.29 is 9.53 Å². The summed E-state index contributed by atoms with van der Waals surface area (Å²) in [6.07, 6.45) is 0.984. The molecular formula is C14H21ClN2O2.